The summed E-state index contributed by atoms with van der Waals surface area (Å²) in [6.45, 7) is 1.12. The number of carboxylic acid groups (broad SMARTS) is 1. The van der Waals surface area contributed by atoms with Crippen LogP contribution in [0.3, 0.4) is 0 Å². The highest BCUT2D eigenvalue weighted by Gasteiger charge is 2.18. The third kappa shape index (κ3) is 3.45. The normalized spacial score (nSPS) is 17.3. The van der Waals surface area contributed by atoms with E-state index in [1.807, 2.05) is 0 Å². The van der Waals surface area contributed by atoms with Crippen molar-refractivity contribution in [2.24, 2.45) is 5.73 Å². The number of nitrogens with two attached hydrogens (primary N) is 1. The fourth-order valence-electron chi connectivity index (χ4n) is 1.62. The summed E-state index contributed by atoms with van der Waals surface area (Å²) >= 11 is 0. The zero-order chi connectivity index (χ0) is 13.8. The van der Waals surface area contributed by atoms with Crippen LogP contribution in [0.1, 0.15) is 6.42 Å². The Morgan fingerprint density at radius 3 is 2.74 bits per heavy atom. The van der Waals surface area contributed by atoms with Gasteiger partial charge in [0.2, 0.25) is 0 Å². The van der Waals surface area contributed by atoms with Gasteiger partial charge in [0.1, 0.15) is 6.04 Å². The molecule has 0 saturated heterocycles. The molecule has 1 aliphatic heterocycles. The van der Waals surface area contributed by atoms with Crippen LogP contribution >= 0.6 is 0 Å². The predicted molar refractivity (Wildman–Crippen MR) is 68.9 cm³/mol. The van der Waals surface area contributed by atoms with Crippen LogP contribution in [-0.4, -0.2) is 40.3 Å². The largest absolute Gasteiger partial charge is 0.490 e. The molecule has 0 amide bonds. The Hall–Kier alpha value is -1.60. The molecule has 2 atom stereocenters. The van der Waals surface area contributed by atoms with Gasteiger partial charge in [0.25, 0.3) is 0 Å². The SMILES string of the molecule is NC(CS(=O)c1ccc2c(c1)OCCCO2)C(=O)O. The van der Waals surface area contributed by atoms with Crippen molar-refractivity contribution in [1.82, 2.24) is 0 Å². The minimum absolute atomic E-state index is 0.130. The maximum absolute atomic E-state index is 12.0. The molecule has 6 nitrogen and oxygen atoms in total. The highest BCUT2D eigenvalue weighted by atomic mass is 32.2. The minimum atomic E-state index is -1.48. The van der Waals surface area contributed by atoms with Crippen LogP contribution in [0.4, 0.5) is 0 Å². The zero-order valence-corrected chi connectivity index (χ0v) is 11.0. The van der Waals surface area contributed by atoms with E-state index in [1.165, 1.54) is 0 Å². The van der Waals surface area contributed by atoms with Crippen LogP contribution in [0, 0.1) is 0 Å². The van der Waals surface area contributed by atoms with Gasteiger partial charge in [0, 0.05) is 17.4 Å². The second-order valence-corrected chi connectivity index (χ2v) is 5.61. The molecule has 19 heavy (non-hydrogen) atoms. The smallest absolute Gasteiger partial charge is 0.321 e. The lowest BCUT2D eigenvalue weighted by molar-refractivity contribution is -0.137. The van der Waals surface area contributed by atoms with Crippen molar-refractivity contribution in [3.05, 3.63) is 18.2 Å². The predicted octanol–water partition coefficient (Wildman–Crippen LogP) is 0.367. The Balaban J connectivity index is 2.15. The molecule has 0 fully saturated rings. The monoisotopic (exact) mass is 285 g/mol. The molecule has 0 radical (unpaired) electrons. The number of fused-ring (bicyclic) bond motifs is 1. The zero-order valence-electron chi connectivity index (χ0n) is 10.2. The first-order chi connectivity index (χ1) is 9.08. The third-order valence-electron chi connectivity index (χ3n) is 2.63. The quantitative estimate of drug-likeness (QED) is 0.829. The number of rotatable bonds is 4. The van der Waals surface area contributed by atoms with Crippen molar-refractivity contribution in [2.75, 3.05) is 19.0 Å². The molecule has 2 unspecified atom stereocenters. The average Bonchev–Trinajstić information content (AvgIpc) is 2.62. The van der Waals surface area contributed by atoms with Crippen molar-refractivity contribution < 1.29 is 23.6 Å². The maximum atomic E-state index is 12.0. The summed E-state index contributed by atoms with van der Waals surface area (Å²) in [7, 11) is -1.48. The number of aliphatic carboxylic acids is 1. The van der Waals surface area contributed by atoms with Gasteiger partial charge in [0.15, 0.2) is 11.5 Å². The Bertz CT molecular complexity index is 505. The molecule has 1 heterocycles. The van der Waals surface area contributed by atoms with Crippen LogP contribution in [0.5, 0.6) is 11.5 Å². The van der Waals surface area contributed by atoms with Crippen molar-refractivity contribution in [3.63, 3.8) is 0 Å². The lowest BCUT2D eigenvalue weighted by Crippen LogP contribution is -2.35. The number of benzene rings is 1. The molecule has 104 valence electrons. The second kappa shape index (κ2) is 6.03. The van der Waals surface area contributed by atoms with Gasteiger partial charge in [-0.15, -0.1) is 0 Å². The molecular weight excluding hydrogens is 270 g/mol. The van der Waals surface area contributed by atoms with Crippen molar-refractivity contribution in [3.8, 4) is 11.5 Å². The van der Waals surface area contributed by atoms with E-state index in [-0.39, 0.29) is 5.75 Å². The molecule has 1 aromatic carbocycles. The fraction of sp³-hybridized carbons (Fsp3) is 0.417. The molecule has 0 bridgehead atoms. The van der Waals surface area contributed by atoms with Gasteiger partial charge in [-0.3, -0.25) is 9.00 Å². The number of carboxylic acids is 1. The summed E-state index contributed by atoms with van der Waals surface area (Å²) < 4.78 is 22.9. The minimum Gasteiger partial charge on any atom is -0.490 e. The molecule has 2 rings (SSSR count). The topological polar surface area (TPSA) is 98.9 Å². The Labute approximate surface area is 113 Å². The lowest BCUT2D eigenvalue weighted by Gasteiger charge is -2.10. The number of hydrogen-bond donors (Lipinski definition) is 2. The van der Waals surface area contributed by atoms with Gasteiger partial charge < -0.3 is 20.3 Å². The third-order valence-corrected chi connectivity index (χ3v) is 4.07. The van der Waals surface area contributed by atoms with Crippen LogP contribution < -0.4 is 15.2 Å². The van der Waals surface area contributed by atoms with Crippen LogP contribution in [0.15, 0.2) is 23.1 Å². The van der Waals surface area contributed by atoms with Crippen molar-refractivity contribution in [2.45, 2.75) is 17.4 Å². The van der Waals surface area contributed by atoms with Gasteiger partial charge in [-0.05, 0) is 12.1 Å². The van der Waals surface area contributed by atoms with Crippen LogP contribution in [-0.2, 0) is 15.6 Å². The van der Waals surface area contributed by atoms with Gasteiger partial charge in [-0.2, -0.15) is 0 Å². The fourth-order valence-corrected chi connectivity index (χ4v) is 2.74. The molecular formula is C12H15NO5S. The average molecular weight is 285 g/mol. The summed E-state index contributed by atoms with van der Waals surface area (Å²) in [6, 6.07) is 3.79. The standard InChI is InChI=1S/C12H15NO5S/c13-9(12(14)15)7-19(16)8-2-3-10-11(6-8)18-5-1-4-17-10/h2-3,6,9H,1,4-5,7,13H2,(H,14,15). The maximum Gasteiger partial charge on any atom is 0.321 e. The number of hydrogen-bond acceptors (Lipinski definition) is 5. The lowest BCUT2D eigenvalue weighted by atomic mass is 10.3. The highest BCUT2D eigenvalue weighted by Crippen LogP contribution is 2.31. The van der Waals surface area contributed by atoms with E-state index < -0.39 is 22.8 Å². The molecule has 3 N–H and O–H groups in total. The second-order valence-electron chi connectivity index (χ2n) is 4.12. The first-order valence-corrected chi connectivity index (χ1v) is 7.16. The van der Waals surface area contributed by atoms with Crippen molar-refractivity contribution in [1.29, 1.82) is 0 Å². The molecule has 0 aliphatic carbocycles. The first-order valence-electron chi connectivity index (χ1n) is 5.84. The molecule has 0 saturated carbocycles. The Morgan fingerprint density at radius 1 is 1.37 bits per heavy atom. The number of ether oxygens (including phenoxy) is 2. The summed E-state index contributed by atoms with van der Waals surface area (Å²) in [5.74, 6) is -0.148. The summed E-state index contributed by atoms with van der Waals surface area (Å²) in [5, 5.41) is 8.70. The Kier molecular flexibility index (Phi) is 4.39. The molecule has 1 aromatic rings. The van der Waals surface area contributed by atoms with E-state index in [4.69, 9.17) is 20.3 Å². The summed E-state index contributed by atoms with van der Waals surface area (Å²) in [6.07, 6.45) is 0.789. The van der Waals surface area contributed by atoms with Crippen molar-refractivity contribution >= 4 is 16.8 Å². The molecule has 0 spiro atoms. The van der Waals surface area contributed by atoms with Crippen LogP contribution in [0.25, 0.3) is 0 Å². The highest BCUT2D eigenvalue weighted by molar-refractivity contribution is 7.85. The van der Waals surface area contributed by atoms with Gasteiger partial charge in [-0.1, -0.05) is 0 Å². The molecule has 7 heteroatoms. The molecule has 0 aromatic heterocycles. The van der Waals surface area contributed by atoms with E-state index in [9.17, 15) is 9.00 Å². The van der Waals surface area contributed by atoms with Gasteiger partial charge >= 0.3 is 5.97 Å². The van der Waals surface area contributed by atoms with E-state index in [0.29, 0.717) is 29.6 Å². The van der Waals surface area contributed by atoms with E-state index in [1.54, 1.807) is 18.2 Å². The van der Waals surface area contributed by atoms with E-state index in [2.05, 4.69) is 0 Å². The van der Waals surface area contributed by atoms with E-state index >= 15 is 0 Å². The summed E-state index contributed by atoms with van der Waals surface area (Å²) in [5.41, 5.74) is 5.37. The molecule has 1 aliphatic rings. The first kappa shape index (κ1) is 13.8. The van der Waals surface area contributed by atoms with Gasteiger partial charge in [-0.25, -0.2) is 0 Å². The van der Waals surface area contributed by atoms with Gasteiger partial charge in [0.05, 0.1) is 29.8 Å². The Morgan fingerprint density at radius 2 is 2.05 bits per heavy atom. The van der Waals surface area contributed by atoms with E-state index in [0.717, 1.165) is 6.42 Å². The van der Waals surface area contributed by atoms with Crippen LogP contribution in [0.2, 0.25) is 0 Å². The summed E-state index contributed by atoms with van der Waals surface area (Å²) in [4.78, 5) is 11.1. The number of carbonyl (C=O) groups is 1.